The van der Waals surface area contributed by atoms with Gasteiger partial charge >= 0.3 is 25.8 Å². The van der Waals surface area contributed by atoms with Crippen LogP contribution in [0.1, 0.15) is 34.6 Å². The second-order valence-corrected chi connectivity index (χ2v) is 5.78. The van der Waals surface area contributed by atoms with E-state index in [9.17, 15) is 0 Å². The van der Waals surface area contributed by atoms with Gasteiger partial charge in [0.1, 0.15) is 0 Å². The zero-order valence-corrected chi connectivity index (χ0v) is 21.7. The Bertz CT molecular complexity index is 618. The van der Waals surface area contributed by atoms with E-state index in [1.807, 2.05) is 0 Å². The minimum atomic E-state index is 0. The molecule has 0 N–H and O–H groups in total. The molecule has 0 heterocycles. The number of rotatable bonds is 0. The molecule has 0 nitrogen and oxygen atoms in total. The van der Waals surface area contributed by atoms with Gasteiger partial charge in [-0.3, -0.25) is 6.08 Å². The molecule has 1 aliphatic rings. The van der Waals surface area contributed by atoms with Crippen LogP contribution >= 0.6 is 0 Å². The molecule has 0 aliphatic heterocycles. The summed E-state index contributed by atoms with van der Waals surface area (Å²) in [5.74, 6) is 0. The quantitative estimate of drug-likeness (QED) is 0.203. The van der Waals surface area contributed by atoms with Crippen LogP contribution in [0.3, 0.4) is 0 Å². The standard InChI is InChI=1S/C10H15.C9H7.Hf.2HI/c1-7-6-10(4,5)9(3)8(7)2;1-2-5-9-7-3-6-8(9)4-1;;;/h1-5H3;1-7H;;2*1H/q2*-1;+4;;/p-2. The molecular formula is C19H22HfI2. The van der Waals surface area contributed by atoms with Gasteiger partial charge in [-0.1, -0.05) is 39.2 Å². The molecule has 2 aromatic rings. The Morgan fingerprint density at radius 3 is 1.95 bits per heavy atom. The Morgan fingerprint density at radius 2 is 1.55 bits per heavy atom. The van der Waals surface area contributed by atoms with Crippen molar-refractivity contribution in [1.82, 2.24) is 0 Å². The summed E-state index contributed by atoms with van der Waals surface area (Å²) in [6.45, 7) is 10.9. The zero-order chi connectivity index (χ0) is 14.0. The molecule has 0 spiro atoms. The third-order valence-corrected chi connectivity index (χ3v) is 4.11. The van der Waals surface area contributed by atoms with Gasteiger partial charge in [-0.25, -0.2) is 5.57 Å². The van der Waals surface area contributed by atoms with Gasteiger partial charge in [-0.05, 0) is 0 Å². The predicted molar refractivity (Wildman–Crippen MR) is 84.1 cm³/mol. The number of benzene rings is 1. The Kier molecular flexibility index (Phi) is 11.9. The van der Waals surface area contributed by atoms with Crippen LogP contribution in [-0.4, -0.2) is 0 Å². The second kappa shape index (κ2) is 10.5. The van der Waals surface area contributed by atoms with E-state index in [-0.39, 0.29) is 79.2 Å². The predicted octanol–water partition coefficient (Wildman–Crippen LogP) is -0.324. The Labute approximate surface area is 188 Å². The van der Waals surface area contributed by atoms with E-state index in [1.165, 1.54) is 27.5 Å². The minimum absolute atomic E-state index is 0. The molecule has 0 radical (unpaired) electrons. The van der Waals surface area contributed by atoms with Crippen molar-refractivity contribution in [3.63, 3.8) is 0 Å². The van der Waals surface area contributed by atoms with Crippen LogP contribution in [0.15, 0.2) is 59.2 Å². The van der Waals surface area contributed by atoms with Crippen molar-refractivity contribution >= 4 is 10.8 Å². The second-order valence-electron chi connectivity index (χ2n) is 5.78. The molecular weight excluding hydrogens is 661 g/mol. The Balaban J connectivity index is 0. The summed E-state index contributed by atoms with van der Waals surface area (Å²) in [6, 6.07) is 14.7. The van der Waals surface area contributed by atoms with Gasteiger partial charge in [-0.15, -0.1) is 36.6 Å². The fraction of sp³-hybridized carbons (Fsp3) is 0.316. The molecule has 0 aromatic heterocycles. The molecule has 0 amide bonds. The molecule has 0 unspecified atom stereocenters. The minimum Gasteiger partial charge on any atom is -1.00 e. The van der Waals surface area contributed by atoms with Crippen molar-refractivity contribution in [2.75, 3.05) is 0 Å². The van der Waals surface area contributed by atoms with Crippen molar-refractivity contribution in [2.24, 2.45) is 5.41 Å². The number of allylic oxidation sites excluding steroid dienone is 4. The fourth-order valence-electron chi connectivity index (χ4n) is 2.48. The number of fused-ring (bicyclic) bond motifs is 1. The van der Waals surface area contributed by atoms with Crippen LogP contribution < -0.4 is 48.0 Å². The Morgan fingerprint density at radius 1 is 0.955 bits per heavy atom. The summed E-state index contributed by atoms with van der Waals surface area (Å²) in [5, 5.41) is 2.66. The van der Waals surface area contributed by atoms with E-state index in [0.29, 0.717) is 0 Å². The van der Waals surface area contributed by atoms with Gasteiger partial charge in [0.15, 0.2) is 0 Å². The van der Waals surface area contributed by atoms with Crippen molar-refractivity contribution in [3.05, 3.63) is 65.3 Å². The molecule has 1 aliphatic carbocycles. The summed E-state index contributed by atoms with van der Waals surface area (Å²) in [5.41, 5.74) is 4.39. The van der Waals surface area contributed by atoms with Crippen LogP contribution in [0.25, 0.3) is 10.8 Å². The first-order chi connectivity index (χ1) is 8.92. The molecule has 22 heavy (non-hydrogen) atoms. The normalized spacial score (nSPS) is 14.9. The summed E-state index contributed by atoms with van der Waals surface area (Å²) in [6.07, 6.45) is 3.44. The third kappa shape index (κ3) is 5.93. The summed E-state index contributed by atoms with van der Waals surface area (Å²) in [7, 11) is 0. The van der Waals surface area contributed by atoms with Crippen LogP contribution in [-0.2, 0) is 25.8 Å². The third-order valence-electron chi connectivity index (χ3n) is 4.11. The molecule has 0 saturated heterocycles. The van der Waals surface area contributed by atoms with Crippen molar-refractivity contribution in [2.45, 2.75) is 34.6 Å². The smallest absolute Gasteiger partial charge is 1.00 e. The van der Waals surface area contributed by atoms with Crippen LogP contribution in [0.5, 0.6) is 0 Å². The van der Waals surface area contributed by atoms with Crippen molar-refractivity contribution in [1.29, 1.82) is 0 Å². The van der Waals surface area contributed by atoms with Crippen molar-refractivity contribution < 1.29 is 73.8 Å². The van der Waals surface area contributed by atoms with Crippen molar-refractivity contribution in [3.8, 4) is 0 Å². The first-order valence-corrected chi connectivity index (χ1v) is 6.82. The SMILES string of the molecule is CC1=[C-]C(C)(C)C(C)=C1C.[Hf+4].[I-].[I-].c1ccc2[cH-]ccc2c1. The zero-order valence-electron chi connectivity index (χ0n) is 13.8. The van der Waals surface area contributed by atoms with E-state index >= 15 is 0 Å². The summed E-state index contributed by atoms with van der Waals surface area (Å²) >= 11 is 0. The largest absolute Gasteiger partial charge is 4.00 e. The van der Waals surface area contributed by atoms with Crippen LogP contribution in [0, 0.1) is 11.5 Å². The first kappa shape index (κ1) is 24.9. The maximum atomic E-state index is 3.44. The molecule has 3 heteroatoms. The Hall–Kier alpha value is 0.640. The summed E-state index contributed by atoms with van der Waals surface area (Å²) in [4.78, 5) is 0. The van der Waals surface area contributed by atoms with E-state index in [1.54, 1.807) is 0 Å². The topological polar surface area (TPSA) is 0 Å². The monoisotopic (exact) mass is 684 g/mol. The number of halogens is 2. The van der Waals surface area contributed by atoms with Gasteiger partial charge in [0.05, 0.1) is 0 Å². The van der Waals surface area contributed by atoms with Crippen LogP contribution in [0.2, 0.25) is 0 Å². The molecule has 0 bridgehead atoms. The van der Waals surface area contributed by atoms with E-state index in [0.717, 1.165) is 0 Å². The van der Waals surface area contributed by atoms with Gasteiger partial charge < -0.3 is 48.0 Å². The molecule has 0 atom stereocenters. The van der Waals surface area contributed by atoms with Gasteiger partial charge in [0.25, 0.3) is 0 Å². The average Bonchev–Trinajstić information content (AvgIpc) is 2.90. The fourth-order valence-corrected chi connectivity index (χ4v) is 2.48. The summed E-state index contributed by atoms with van der Waals surface area (Å²) < 4.78 is 0. The van der Waals surface area contributed by atoms with Crippen LogP contribution in [0.4, 0.5) is 0 Å². The maximum Gasteiger partial charge on any atom is 4.00 e. The number of hydrogen-bond donors (Lipinski definition) is 0. The molecule has 3 rings (SSSR count). The van der Waals surface area contributed by atoms with E-state index in [2.05, 4.69) is 83.2 Å². The van der Waals surface area contributed by atoms with E-state index < -0.39 is 0 Å². The average molecular weight is 683 g/mol. The first-order valence-electron chi connectivity index (χ1n) is 6.82. The molecule has 2 aromatic carbocycles. The van der Waals surface area contributed by atoms with Gasteiger partial charge in [0, 0.05) is 0 Å². The molecule has 116 valence electrons. The molecule has 0 saturated carbocycles. The molecule has 0 fully saturated rings. The number of hydrogen-bond acceptors (Lipinski definition) is 0. The van der Waals surface area contributed by atoms with Gasteiger partial charge in [-0.2, -0.15) is 28.7 Å². The maximum absolute atomic E-state index is 3.44. The van der Waals surface area contributed by atoms with Gasteiger partial charge in [0.2, 0.25) is 0 Å². The van der Waals surface area contributed by atoms with E-state index in [4.69, 9.17) is 0 Å².